The summed E-state index contributed by atoms with van der Waals surface area (Å²) >= 11 is 0. The van der Waals surface area contributed by atoms with Gasteiger partial charge < -0.3 is 40.2 Å². The minimum Gasteiger partial charge on any atom is -0.465 e. The zero-order valence-corrected chi connectivity index (χ0v) is 28.5. The van der Waals surface area contributed by atoms with Crippen LogP contribution in [0.1, 0.15) is 113 Å². The third kappa shape index (κ3) is 7.52. The van der Waals surface area contributed by atoms with E-state index in [4.69, 9.17) is 15.1 Å². The Bertz CT molecular complexity index is 1610. The number of amides is 4. The Morgan fingerprint density at radius 3 is 1.67 bits per heavy atom. The van der Waals surface area contributed by atoms with E-state index in [1.807, 2.05) is 12.4 Å². The maximum absolute atomic E-state index is 13.1. The number of carboxylic acid groups (broad SMARTS) is 1. The fraction of sp³-hybridized carbons (Fsp3) is 0.600. The number of nitrogens with one attached hydrogen (secondary N) is 4. The Hall–Kier alpha value is -4.62. The molecule has 2 saturated heterocycles. The summed E-state index contributed by atoms with van der Waals surface area (Å²) in [5.41, 5.74) is 4.37. The Balaban J connectivity index is 1.02. The second kappa shape index (κ2) is 14.9. The first kappa shape index (κ1) is 34.3. The third-order valence-corrected chi connectivity index (χ3v) is 10.7. The van der Waals surface area contributed by atoms with Crippen LogP contribution in [0.5, 0.6) is 0 Å². The lowest BCUT2D eigenvalue weighted by Crippen LogP contribution is -2.46. The maximum atomic E-state index is 13.1. The van der Waals surface area contributed by atoms with E-state index < -0.39 is 24.3 Å². The molecule has 0 spiro atoms. The van der Waals surface area contributed by atoms with Gasteiger partial charge in [0.1, 0.15) is 23.7 Å². The van der Waals surface area contributed by atoms with E-state index in [0.29, 0.717) is 24.9 Å². The van der Waals surface area contributed by atoms with E-state index in [9.17, 15) is 19.2 Å². The Labute approximate surface area is 286 Å². The van der Waals surface area contributed by atoms with Gasteiger partial charge in [-0.3, -0.25) is 9.59 Å². The molecule has 14 nitrogen and oxygen atoms in total. The fourth-order valence-electron chi connectivity index (χ4n) is 8.05. The summed E-state index contributed by atoms with van der Waals surface area (Å²) in [5.74, 6) is 2.40. The number of H-pyrrole nitrogens is 2. The predicted octanol–water partition coefficient (Wildman–Crippen LogP) is 4.93. The normalized spacial score (nSPS) is 25.3. The van der Waals surface area contributed by atoms with Crippen molar-refractivity contribution in [2.75, 3.05) is 20.2 Å². The van der Waals surface area contributed by atoms with Crippen LogP contribution in [-0.2, 0) is 14.3 Å². The van der Waals surface area contributed by atoms with Crippen LogP contribution in [0.3, 0.4) is 0 Å². The molecule has 2 aromatic rings. The number of carbonyl (C=O) groups is 4. The van der Waals surface area contributed by atoms with Gasteiger partial charge >= 0.3 is 12.2 Å². The number of carbonyl (C=O) groups excluding carboxylic acids is 3. The zero-order valence-electron chi connectivity index (χ0n) is 28.5. The molecule has 2 aliphatic heterocycles. The number of rotatable bonds is 9. The molecule has 14 heteroatoms. The summed E-state index contributed by atoms with van der Waals surface area (Å²) in [5, 5.41) is 13.9. The molecular formula is C35H48N8O6. The molecule has 49 heavy (non-hydrogen) atoms. The number of aromatic amines is 2. The number of imidazole rings is 2. The fourth-order valence-corrected chi connectivity index (χ4v) is 8.05. The number of likely N-dealkylation sites (tertiary alicyclic amines) is 2. The first-order valence-corrected chi connectivity index (χ1v) is 17.6. The second-order valence-electron chi connectivity index (χ2n) is 13.8. The summed E-state index contributed by atoms with van der Waals surface area (Å²) in [6.45, 7) is 4.46. The van der Waals surface area contributed by atoms with Gasteiger partial charge in [-0.2, -0.15) is 0 Å². The van der Waals surface area contributed by atoms with Crippen LogP contribution in [0, 0.1) is 11.8 Å². The molecule has 5 N–H and O–H groups in total. The van der Waals surface area contributed by atoms with Gasteiger partial charge in [0.2, 0.25) is 11.8 Å². The number of aromatic nitrogens is 4. The number of methoxy groups -OCH3 is 1. The lowest BCUT2D eigenvalue weighted by molar-refractivity contribution is -0.134. The standard InChI is InChI=1S/C35H48N8O6/c1-20(38-34(46)47)32(44)42-16-4-6-28(42)30-36-18-26(40-30)24-12-8-22(9-13-24)23-10-14-25(15-11-23)27-19-37-31(41-27)29-7-5-17-43(29)33(45)21(2)39-35(48)49-3/h12,14,18-23,28-29,38H,4-11,13,15-17H2,1-3H3,(H,36,40)(H,37,41)(H,39,48)(H,46,47)/t20-,21-,22?,23?,28-,29-/m0/s1. The van der Waals surface area contributed by atoms with Crippen molar-refractivity contribution in [3.05, 3.63) is 47.6 Å². The molecule has 4 aliphatic rings. The molecule has 2 unspecified atom stereocenters. The molecule has 2 aromatic heterocycles. The van der Waals surface area contributed by atoms with Gasteiger partial charge in [-0.25, -0.2) is 19.6 Å². The minimum absolute atomic E-state index is 0.140. The summed E-state index contributed by atoms with van der Waals surface area (Å²) in [6.07, 6.45) is 16.3. The molecule has 0 saturated carbocycles. The molecule has 0 bridgehead atoms. The summed E-state index contributed by atoms with van der Waals surface area (Å²) in [4.78, 5) is 68.7. The molecule has 4 amide bonds. The van der Waals surface area contributed by atoms with Crippen LogP contribution in [0.25, 0.3) is 11.1 Å². The van der Waals surface area contributed by atoms with Crippen molar-refractivity contribution >= 4 is 35.1 Å². The number of hydrogen-bond donors (Lipinski definition) is 5. The third-order valence-electron chi connectivity index (χ3n) is 10.7. The van der Waals surface area contributed by atoms with Crippen molar-refractivity contribution in [3.8, 4) is 0 Å². The largest absolute Gasteiger partial charge is 0.465 e. The molecular weight excluding hydrogens is 628 g/mol. The average Bonchev–Trinajstić information content (AvgIpc) is 3.94. The minimum atomic E-state index is -1.21. The molecule has 0 aromatic carbocycles. The van der Waals surface area contributed by atoms with Crippen LogP contribution in [0.2, 0.25) is 0 Å². The summed E-state index contributed by atoms with van der Waals surface area (Å²) in [6, 6.07) is -1.80. The van der Waals surface area contributed by atoms with Crippen LogP contribution in [0.4, 0.5) is 9.59 Å². The predicted molar refractivity (Wildman–Crippen MR) is 181 cm³/mol. The second-order valence-corrected chi connectivity index (χ2v) is 13.8. The summed E-state index contributed by atoms with van der Waals surface area (Å²) < 4.78 is 4.65. The van der Waals surface area contributed by atoms with E-state index in [0.717, 1.165) is 87.2 Å². The molecule has 6 atom stereocenters. The Kier molecular flexibility index (Phi) is 10.4. The molecule has 2 fully saturated rings. The van der Waals surface area contributed by atoms with Gasteiger partial charge in [0, 0.05) is 25.5 Å². The number of ether oxygens (including phenoxy) is 1. The van der Waals surface area contributed by atoms with Gasteiger partial charge in [-0.05, 0) is 101 Å². The van der Waals surface area contributed by atoms with E-state index >= 15 is 0 Å². The highest BCUT2D eigenvalue weighted by molar-refractivity contribution is 5.86. The monoisotopic (exact) mass is 676 g/mol. The van der Waals surface area contributed by atoms with Crippen LogP contribution in [-0.4, -0.2) is 91.1 Å². The Morgan fingerprint density at radius 1 is 0.796 bits per heavy atom. The number of alkyl carbamates (subject to hydrolysis) is 1. The zero-order chi connectivity index (χ0) is 34.7. The van der Waals surface area contributed by atoms with Crippen LogP contribution in [0.15, 0.2) is 24.5 Å². The van der Waals surface area contributed by atoms with Crippen molar-refractivity contribution in [1.29, 1.82) is 0 Å². The van der Waals surface area contributed by atoms with E-state index in [1.54, 1.807) is 23.6 Å². The SMILES string of the molecule is COC(=O)N[C@@H](C)C(=O)N1CCC[C@H]1c1nc(C2=CCC(C3CC=C(c4c[nH]c([C@@H]5CCCN5C(=O)[C@H](C)NC(=O)O)n4)CC3)CC2)c[nH]1. The molecule has 6 rings (SSSR count). The Morgan fingerprint density at radius 2 is 1.27 bits per heavy atom. The topological polar surface area (TPSA) is 186 Å². The van der Waals surface area contributed by atoms with Gasteiger partial charge in [-0.15, -0.1) is 0 Å². The number of allylic oxidation sites excluding steroid dienone is 4. The lowest BCUT2D eigenvalue weighted by atomic mass is 9.74. The van der Waals surface area contributed by atoms with Crippen LogP contribution >= 0.6 is 0 Å². The first-order valence-electron chi connectivity index (χ1n) is 17.6. The number of hydrogen-bond acceptors (Lipinski definition) is 7. The van der Waals surface area contributed by atoms with Crippen molar-refractivity contribution in [2.24, 2.45) is 11.8 Å². The van der Waals surface area contributed by atoms with E-state index in [-0.39, 0.29) is 23.9 Å². The quantitative estimate of drug-likeness (QED) is 0.248. The van der Waals surface area contributed by atoms with Gasteiger partial charge in [-0.1, -0.05) is 12.2 Å². The molecule has 4 heterocycles. The highest BCUT2D eigenvalue weighted by atomic mass is 16.5. The highest BCUT2D eigenvalue weighted by Crippen LogP contribution is 2.41. The molecule has 0 radical (unpaired) electrons. The summed E-state index contributed by atoms with van der Waals surface area (Å²) in [7, 11) is 1.28. The number of nitrogens with zero attached hydrogens (tertiary/aromatic N) is 4. The smallest absolute Gasteiger partial charge is 0.407 e. The molecule has 2 aliphatic carbocycles. The lowest BCUT2D eigenvalue weighted by Gasteiger charge is -2.31. The van der Waals surface area contributed by atoms with Crippen molar-refractivity contribution in [1.82, 2.24) is 40.4 Å². The van der Waals surface area contributed by atoms with Crippen molar-refractivity contribution in [2.45, 2.75) is 102 Å². The highest BCUT2D eigenvalue weighted by Gasteiger charge is 2.37. The van der Waals surface area contributed by atoms with Gasteiger partial charge in [0.05, 0.1) is 30.6 Å². The van der Waals surface area contributed by atoms with E-state index in [1.165, 1.54) is 18.3 Å². The average molecular weight is 677 g/mol. The van der Waals surface area contributed by atoms with Crippen molar-refractivity contribution in [3.63, 3.8) is 0 Å². The van der Waals surface area contributed by atoms with Crippen molar-refractivity contribution < 1.29 is 29.0 Å². The van der Waals surface area contributed by atoms with Gasteiger partial charge in [0.25, 0.3) is 0 Å². The van der Waals surface area contributed by atoms with E-state index in [2.05, 4.69) is 37.5 Å². The van der Waals surface area contributed by atoms with Crippen LogP contribution < -0.4 is 10.6 Å². The first-order chi connectivity index (χ1) is 23.6. The van der Waals surface area contributed by atoms with Gasteiger partial charge in [0.15, 0.2) is 0 Å². The maximum Gasteiger partial charge on any atom is 0.407 e. The molecule has 264 valence electrons.